The molecule has 0 radical (unpaired) electrons. The minimum absolute atomic E-state index is 0.0642. The summed E-state index contributed by atoms with van der Waals surface area (Å²) in [5, 5.41) is 1.24. The Morgan fingerprint density at radius 3 is 2.70 bits per heavy atom. The van der Waals surface area contributed by atoms with E-state index in [-0.39, 0.29) is 10.9 Å². The maximum Gasteiger partial charge on any atom is 0.275 e. The fraction of sp³-hybridized carbons (Fsp3) is 0.480. The topological polar surface area (TPSA) is 80.3 Å². The molecule has 2 aromatic heterocycles. The maximum atomic E-state index is 12.6. The summed E-state index contributed by atoms with van der Waals surface area (Å²) in [5.41, 5.74) is 2.54. The molecule has 33 heavy (non-hydrogen) atoms. The largest absolute Gasteiger partial charge is 0.354 e. The molecule has 5 rings (SSSR count). The molecule has 7 nitrogen and oxygen atoms in total. The van der Waals surface area contributed by atoms with Gasteiger partial charge in [-0.2, -0.15) is 0 Å². The van der Waals surface area contributed by atoms with Crippen LogP contribution in [0.4, 0.5) is 5.82 Å². The lowest BCUT2D eigenvalue weighted by Gasteiger charge is -2.35. The molecule has 1 aliphatic carbocycles. The highest BCUT2D eigenvalue weighted by Gasteiger charge is 2.23. The van der Waals surface area contributed by atoms with Crippen LogP contribution < -0.4 is 16.3 Å². The van der Waals surface area contributed by atoms with Crippen LogP contribution in [0.25, 0.3) is 10.9 Å². The van der Waals surface area contributed by atoms with E-state index in [0.717, 1.165) is 74.6 Å². The number of piperazine rings is 1. The fourth-order valence-electron chi connectivity index (χ4n) is 4.92. The number of nitrogens with zero attached hydrogens (tertiary/aromatic N) is 5. The number of alkyl halides is 1. The van der Waals surface area contributed by atoms with E-state index >= 15 is 0 Å². The monoisotopic (exact) mass is 466 g/mol. The quantitative estimate of drug-likeness (QED) is 0.342. The average molecular weight is 467 g/mol. The number of pyridine rings is 1. The van der Waals surface area contributed by atoms with Crippen LogP contribution in [0.2, 0.25) is 0 Å². The number of halogens is 1. The van der Waals surface area contributed by atoms with Gasteiger partial charge in [-0.1, -0.05) is 18.2 Å². The van der Waals surface area contributed by atoms with E-state index in [1.807, 2.05) is 12.1 Å². The van der Waals surface area contributed by atoms with E-state index in [4.69, 9.17) is 27.4 Å². The van der Waals surface area contributed by atoms with Gasteiger partial charge in [-0.3, -0.25) is 9.69 Å². The van der Waals surface area contributed by atoms with Crippen molar-refractivity contribution in [1.82, 2.24) is 19.5 Å². The summed E-state index contributed by atoms with van der Waals surface area (Å²) in [5.74, 6) is 7.80. The number of aromatic nitrogens is 3. The van der Waals surface area contributed by atoms with Crippen LogP contribution in [-0.4, -0.2) is 57.6 Å². The summed E-state index contributed by atoms with van der Waals surface area (Å²) in [7, 11) is 0. The predicted molar refractivity (Wildman–Crippen MR) is 134 cm³/mol. The van der Waals surface area contributed by atoms with Gasteiger partial charge in [-0.25, -0.2) is 14.6 Å². The van der Waals surface area contributed by atoms with Gasteiger partial charge in [0.1, 0.15) is 11.6 Å². The Morgan fingerprint density at radius 2 is 1.85 bits per heavy atom. The molecular weight excluding hydrogens is 436 g/mol. The van der Waals surface area contributed by atoms with Gasteiger partial charge >= 0.3 is 0 Å². The summed E-state index contributed by atoms with van der Waals surface area (Å²) in [4.78, 5) is 27.0. The Kier molecular flexibility index (Phi) is 6.51. The van der Waals surface area contributed by atoms with Crippen molar-refractivity contribution in [2.45, 2.75) is 43.9 Å². The van der Waals surface area contributed by atoms with E-state index in [0.29, 0.717) is 25.1 Å². The number of nitrogen functional groups attached to an aromatic ring is 1. The second kappa shape index (κ2) is 9.69. The van der Waals surface area contributed by atoms with Crippen LogP contribution in [0.3, 0.4) is 0 Å². The molecule has 8 heteroatoms. The number of rotatable bonds is 6. The number of fused-ring (bicyclic) bond motifs is 2. The van der Waals surface area contributed by atoms with Gasteiger partial charge in [0.2, 0.25) is 0 Å². The lowest BCUT2D eigenvalue weighted by molar-refractivity contribution is 0.252. The van der Waals surface area contributed by atoms with Crippen LogP contribution in [0, 0.1) is 0 Å². The molecule has 0 spiro atoms. The van der Waals surface area contributed by atoms with E-state index in [2.05, 4.69) is 34.1 Å². The van der Waals surface area contributed by atoms with E-state index in [1.54, 1.807) is 0 Å². The van der Waals surface area contributed by atoms with Crippen molar-refractivity contribution in [2.24, 2.45) is 0 Å². The smallest absolute Gasteiger partial charge is 0.275 e. The van der Waals surface area contributed by atoms with Crippen molar-refractivity contribution in [3.05, 3.63) is 63.8 Å². The molecule has 174 valence electrons. The first kappa shape index (κ1) is 22.2. The zero-order valence-electron chi connectivity index (χ0n) is 18.9. The van der Waals surface area contributed by atoms with E-state index in [9.17, 15) is 4.79 Å². The summed E-state index contributed by atoms with van der Waals surface area (Å²) < 4.78 is 1.25. The number of aryl methyl sites for hydroxylation is 1. The van der Waals surface area contributed by atoms with Gasteiger partial charge in [0, 0.05) is 55.3 Å². The molecule has 2 N–H and O–H groups in total. The summed E-state index contributed by atoms with van der Waals surface area (Å²) >= 11 is 6.28. The lowest BCUT2D eigenvalue weighted by atomic mass is 9.96. The van der Waals surface area contributed by atoms with Gasteiger partial charge in [-0.15, -0.1) is 11.6 Å². The number of unbranched alkanes of at least 4 members (excludes halogenated alkanes) is 1. The van der Waals surface area contributed by atoms with Gasteiger partial charge in [0.25, 0.3) is 5.56 Å². The number of hydrogen-bond donors (Lipinski definition) is 1. The van der Waals surface area contributed by atoms with Crippen LogP contribution in [0.1, 0.15) is 36.3 Å². The Balaban J connectivity index is 1.11. The van der Waals surface area contributed by atoms with Crippen molar-refractivity contribution in [3.8, 4) is 0 Å². The molecule has 3 aromatic rings. The molecule has 3 heterocycles. The van der Waals surface area contributed by atoms with Gasteiger partial charge in [-0.05, 0) is 50.4 Å². The maximum absolute atomic E-state index is 12.6. The first-order valence-electron chi connectivity index (χ1n) is 11.9. The lowest BCUT2D eigenvalue weighted by Crippen LogP contribution is -2.46. The van der Waals surface area contributed by atoms with Crippen molar-refractivity contribution < 1.29 is 0 Å². The van der Waals surface area contributed by atoms with Crippen LogP contribution in [-0.2, 0) is 19.3 Å². The summed E-state index contributed by atoms with van der Waals surface area (Å²) in [6, 6.07) is 12.5. The SMILES string of the molecule is Nn1c(CCCCN2CCN(c3ccc4ccccc4n3)CC2)nc2c(c1=O)CCC(Cl)C2. The summed E-state index contributed by atoms with van der Waals surface area (Å²) in [6.07, 6.45) is 4.88. The zero-order chi connectivity index (χ0) is 22.8. The normalized spacial score (nSPS) is 19.1. The first-order chi connectivity index (χ1) is 16.1. The van der Waals surface area contributed by atoms with Crippen molar-refractivity contribution in [2.75, 3.05) is 43.5 Å². The number of nitrogens with two attached hydrogens (primary N) is 1. The Labute approximate surface area is 199 Å². The third-order valence-electron chi connectivity index (χ3n) is 6.89. The van der Waals surface area contributed by atoms with Crippen molar-refractivity contribution >= 4 is 28.3 Å². The van der Waals surface area contributed by atoms with Gasteiger partial charge < -0.3 is 10.7 Å². The predicted octanol–water partition coefficient (Wildman–Crippen LogP) is 2.75. The zero-order valence-corrected chi connectivity index (χ0v) is 19.7. The van der Waals surface area contributed by atoms with Crippen molar-refractivity contribution in [1.29, 1.82) is 0 Å². The first-order valence-corrected chi connectivity index (χ1v) is 12.4. The van der Waals surface area contributed by atoms with Gasteiger partial charge in [0.15, 0.2) is 0 Å². The Hall–Kier alpha value is -2.64. The molecule has 1 fully saturated rings. The van der Waals surface area contributed by atoms with Gasteiger partial charge in [0.05, 0.1) is 11.2 Å². The minimum atomic E-state index is -0.100. The molecule has 1 atom stereocenters. The second-order valence-electron chi connectivity index (χ2n) is 9.12. The molecular formula is C25H31ClN6O. The third-order valence-corrected chi connectivity index (χ3v) is 7.27. The molecule has 1 aromatic carbocycles. The van der Waals surface area contributed by atoms with Crippen LogP contribution >= 0.6 is 11.6 Å². The molecule has 0 amide bonds. The van der Waals surface area contributed by atoms with Crippen LogP contribution in [0.15, 0.2) is 41.2 Å². The number of anilines is 1. The highest BCUT2D eigenvalue weighted by atomic mass is 35.5. The van der Waals surface area contributed by atoms with E-state index in [1.165, 1.54) is 10.1 Å². The molecule has 1 unspecified atom stereocenters. The molecule has 0 saturated carbocycles. The fourth-order valence-corrected chi connectivity index (χ4v) is 5.18. The highest BCUT2D eigenvalue weighted by molar-refractivity contribution is 6.20. The standard InChI is InChI=1S/C25H31ClN6O/c26-19-9-10-20-22(17-19)29-24(32(27)25(20)33)7-3-4-12-30-13-15-31(16-14-30)23-11-8-18-5-1-2-6-21(18)28-23/h1-2,5-6,8,11,19H,3-4,7,9-10,12-17,27H2. The number of benzene rings is 1. The third kappa shape index (κ3) is 4.84. The van der Waals surface area contributed by atoms with E-state index < -0.39 is 0 Å². The molecule has 1 saturated heterocycles. The number of hydrogen-bond acceptors (Lipinski definition) is 6. The Morgan fingerprint density at radius 1 is 1.03 bits per heavy atom. The minimum Gasteiger partial charge on any atom is -0.354 e. The Bertz CT molecular complexity index is 1190. The van der Waals surface area contributed by atoms with Crippen molar-refractivity contribution in [3.63, 3.8) is 0 Å². The second-order valence-corrected chi connectivity index (χ2v) is 9.73. The highest BCUT2D eigenvalue weighted by Crippen LogP contribution is 2.22. The number of para-hydroxylation sites is 1. The molecule has 0 bridgehead atoms. The summed E-state index contributed by atoms with van der Waals surface area (Å²) in [6.45, 7) is 5.08. The molecule has 1 aliphatic heterocycles. The van der Waals surface area contributed by atoms with Crippen LogP contribution in [0.5, 0.6) is 0 Å². The molecule has 2 aliphatic rings. The average Bonchev–Trinajstić information content (AvgIpc) is 2.84.